The summed E-state index contributed by atoms with van der Waals surface area (Å²) in [6, 6.07) is 5.95. The first-order valence-corrected chi connectivity index (χ1v) is 8.88. The number of carbonyl (C=O) groups is 3. The van der Waals surface area contributed by atoms with Crippen LogP contribution in [0.4, 0.5) is 0 Å². The fraction of sp³-hybridized carbons (Fsp3) is 0.526. The van der Waals surface area contributed by atoms with E-state index in [9.17, 15) is 19.5 Å². The molecule has 1 aliphatic heterocycles. The van der Waals surface area contributed by atoms with Crippen molar-refractivity contribution in [3.8, 4) is 0 Å². The number of carboxylic acid groups (broad SMARTS) is 1. The molecule has 25 heavy (non-hydrogen) atoms. The third-order valence-corrected chi connectivity index (χ3v) is 5.27. The number of hydrogen-bond acceptors (Lipinski definition) is 3. The smallest absolute Gasteiger partial charge is 0.326 e. The minimum absolute atomic E-state index is 0.0207. The second-order valence-electron chi connectivity index (χ2n) is 7.00. The molecule has 6 nitrogen and oxygen atoms in total. The molecule has 2 unspecified atom stereocenters. The Balaban J connectivity index is 1.72. The summed E-state index contributed by atoms with van der Waals surface area (Å²) in [6.45, 7) is 1.89. The van der Waals surface area contributed by atoms with Crippen LogP contribution < -0.4 is 5.32 Å². The summed E-state index contributed by atoms with van der Waals surface area (Å²) in [5.41, 5.74) is 1.92. The minimum atomic E-state index is -1.02. The summed E-state index contributed by atoms with van der Waals surface area (Å²) in [5.74, 6) is -1.47. The van der Waals surface area contributed by atoms with Crippen LogP contribution >= 0.6 is 0 Å². The van der Waals surface area contributed by atoms with Gasteiger partial charge in [0, 0.05) is 18.9 Å². The number of amides is 2. The lowest BCUT2D eigenvalue weighted by molar-refractivity contribution is -0.152. The molecule has 0 aromatic heterocycles. The highest BCUT2D eigenvalue weighted by Crippen LogP contribution is 2.26. The Labute approximate surface area is 147 Å². The lowest BCUT2D eigenvalue weighted by atomic mass is 9.93. The molecule has 1 fully saturated rings. The zero-order valence-corrected chi connectivity index (χ0v) is 14.4. The van der Waals surface area contributed by atoms with Crippen LogP contribution in [0.3, 0.4) is 0 Å². The molecule has 0 spiro atoms. The molecule has 2 N–H and O–H groups in total. The number of carboxylic acids is 1. The Morgan fingerprint density at radius 1 is 1.16 bits per heavy atom. The molecule has 6 heteroatoms. The Bertz CT molecular complexity index is 682. The molecule has 1 saturated carbocycles. The van der Waals surface area contributed by atoms with E-state index in [1.165, 1.54) is 4.90 Å². The normalized spacial score (nSPS) is 21.5. The van der Waals surface area contributed by atoms with Gasteiger partial charge in [-0.2, -0.15) is 0 Å². The number of fused-ring (bicyclic) bond motifs is 1. The summed E-state index contributed by atoms with van der Waals surface area (Å²) >= 11 is 0. The van der Waals surface area contributed by atoms with Gasteiger partial charge in [-0.1, -0.05) is 37.1 Å². The van der Waals surface area contributed by atoms with E-state index >= 15 is 0 Å². The van der Waals surface area contributed by atoms with Gasteiger partial charge in [-0.25, -0.2) is 4.79 Å². The van der Waals surface area contributed by atoms with Crippen molar-refractivity contribution in [2.24, 2.45) is 5.92 Å². The topological polar surface area (TPSA) is 86.7 Å². The lowest BCUT2D eigenvalue weighted by Gasteiger charge is -2.36. The molecule has 0 bridgehead atoms. The van der Waals surface area contributed by atoms with Crippen LogP contribution in [0.15, 0.2) is 24.3 Å². The van der Waals surface area contributed by atoms with Gasteiger partial charge in [0.1, 0.15) is 12.1 Å². The Morgan fingerprint density at radius 3 is 2.44 bits per heavy atom. The zero-order chi connectivity index (χ0) is 18.0. The van der Waals surface area contributed by atoms with E-state index in [0.29, 0.717) is 6.42 Å². The maximum Gasteiger partial charge on any atom is 0.326 e. The third-order valence-electron chi connectivity index (χ3n) is 5.27. The van der Waals surface area contributed by atoms with Gasteiger partial charge in [-0.15, -0.1) is 0 Å². The van der Waals surface area contributed by atoms with Gasteiger partial charge < -0.3 is 15.3 Å². The number of benzene rings is 1. The quantitative estimate of drug-likeness (QED) is 0.871. The van der Waals surface area contributed by atoms with E-state index < -0.39 is 18.1 Å². The Hall–Kier alpha value is -2.37. The first-order valence-electron chi connectivity index (χ1n) is 8.88. The summed E-state index contributed by atoms with van der Waals surface area (Å²) in [7, 11) is 0. The van der Waals surface area contributed by atoms with Crippen LogP contribution in [-0.2, 0) is 27.3 Å². The van der Waals surface area contributed by atoms with Crippen molar-refractivity contribution < 1.29 is 19.5 Å². The van der Waals surface area contributed by atoms with E-state index in [-0.39, 0.29) is 24.3 Å². The third kappa shape index (κ3) is 3.67. The Kier molecular flexibility index (Phi) is 5.06. The van der Waals surface area contributed by atoms with Gasteiger partial charge in [0.05, 0.1) is 0 Å². The van der Waals surface area contributed by atoms with E-state index in [1.807, 2.05) is 24.3 Å². The van der Waals surface area contributed by atoms with Gasteiger partial charge in [0.2, 0.25) is 11.8 Å². The summed E-state index contributed by atoms with van der Waals surface area (Å²) in [6.07, 6.45) is 4.11. The predicted octanol–water partition coefficient (Wildman–Crippen LogP) is 1.72. The molecular weight excluding hydrogens is 320 g/mol. The molecule has 0 radical (unpaired) electrons. The molecule has 1 aliphatic carbocycles. The van der Waals surface area contributed by atoms with Crippen LogP contribution in [0.5, 0.6) is 0 Å². The van der Waals surface area contributed by atoms with Gasteiger partial charge >= 0.3 is 5.97 Å². The number of aliphatic carboxylic acids is 1. The zero-order valence-electron chi connectivity index (χ0n) is 14.4. The molecule has 3 rings (SSSR count). The SMILES string of the molecule is CC(NC(=O)C1CCCC1)C(=O)N1Cc2ccccc2CC1C(=O)O. The van der Waals surface area contributed by atoms with Crippen LogP contribution in [0, 0.1) is 5.92 Å². The van der Waals surface area contributed by atoms with Gasteiger partial charge in [0.25, 0.3) is 0 Å². The molecule has 1 heterocycles. The summed E-state index contributed by atoms with van der Waals surface area (Å²) < 4.78 is 0. The molecule has 2 atom stereocenters. The maximum absolute atomic E-state index is 12.8. The molecule has 1 aromatic rings. The number of hydrogen-bond donors (Lipinski definition) is 2. The number of nitrogens with zero attached hydrogens (tertiary/aromatic N) is 1. The van der Waals surface area contributed by atoms with E-state index in [0.717, 1.165) is 36.8 Å². The van der Waals surface area contributed by atoms with E-state index in [1.54, 1.807) is 6.92 Å². The predicted molar refractivity (Wildman–Crippen MR) is 91.7 cm³/mol. The van der Waals surface area contributed by atoms with Gasteiger partial charge in [-0.05, 0) is 30.9 Å². The molecule has 2 aliphatic rings. The molecule has 1 aromatic carbocycles. The van der Waals surface area contributed by atoms with Crippen molar-refractivity contribution in [1.82, 2.24) is 10.2 Å². The fourth-order valence-corrected chi connectivity index (χ4v) is 3.80. The highest BCUT2D eigenvalue weighted by Gasteiger charge is 2.37. The van der Waals surface area contributed by atoms with Crippen molar-refractivity contribution in [2.45, 2.75) is 57.7 Å². The van der Waals surface area contributed by atoms with Crippen molar-refractivity contribution in [3.63, 3.8) is 0 Å². The second kappa shape index (κ2) is 7.25. The van der Waals surface area contributed by atoms with E-state index in [4.69, 9.17) is 0 Å². The van der Waals surface area contributed by atoms with Gasteiger partial charge in [0.15, 0.2) is 0 Å². The standard InChI is InChI=1S/C19H24N2O4/c1-12(20-17(22)13-6-2-3-7-13)18(23)21-11-15-9-5-4-8-14(15)10-16(21)19(24)25/h4-5,8-9,12-13,16H,2-3,6-7,10-11H2,1H3,(H,20,22)(H,24,25). The molecule has 2 amide bonds. The largest absolute Gasteiger partial charge is 0.480 e. The number of carbonyl (C=O) groups excluding carboxylic acids is 2. The summed E-state index contributed by atoms with van der Waals surface area (Å²) in [5, 5.41) is 12.3. The fourth-order valence-electron chi connectivity index (χ4n) is 3.80. The first kappa shape index (κ1) is 17.5. The highest BCUT2D eigenvalue weighted by molar-refractivity contribution is 5.91. The average molecular weight is 344 g/mol. The number of nitrogens with one attached hydrogen (secondary N) is 1. The molecule has 0 saturated heterocycles. The van der Waals surface area contributed by atoms with Crippen molar-refractivity contribution >= 4 is 17.8 Å². The first-order chi connectivity index (χ1) is 12.0. The van der Waals surface area contributed by atoms with Crippen molar-refractivity contribution in [2.75, 3.05) is 0 Å². The van der Waals surface area contributed by atoms with Crippen molar-refractivity contribution in [1.29, 1.82) is 0 Å². The van der Waals surface area contributed by atoms with Crippen LogP contribution in [0.25, 0.3) is 0 Å². The monoisotopic (exact) mass is 344 g/mol. The van der Waals surface area contributed by atoms with Crippen LogP contribution in [-0.4, -0.2) is 39.9 Å². The minimum Gasteiger partial charge on any atom is -0.480 e. The maximum atomic E-state index is 12.8. The van der Waals surface area contributed by atoms with Gasteiger partial charge in [-0.3, -0.25) is 9.59 Å². The van der Waals surface area contributed by atoms with E-state index in [2.05, 4.69) is 5.32 Å². The molecule has 134 valence electrons. The number of rotatable bonds is 4. The van der Waals surface area contributed by atoms with Crippen molar-refractivity contribution in [3.05, 3.63) is 35.4 Å². The average Bonchev–Trinajstić information content (AvgIpc) is 3.14. The van der Waals surface area contributed by atoms with Crippen LogP contribution in [0.2, 0.25) is 0 Å². The summed E-state index contributed by atoms with van der Waals surface area (Å²) in [4.78, 5) is 38.1. The van der Waals surface area contributed by atoms with Crippen LogP contribution in [0.1, 0.15) is 43.7 Å². The lowest BCUT2D eigenvalue weighted by Crippen LogP contribution is -2.55. The Morgan fingerprint density at radius 2 is 1.80 bits per heavy atom. The molecular formula is C19H24N2O4. The highest BCUT2D eigenvalue weighted by atomic mass is 16.4. The second-order valence-corrected chi connectivity index (χ2v) is 7.00.